The highest BCUT2D eigenvalue weighted by molar-refractivity contribution is 6.21. The van der Waals surface area contributed by atoms with Gasteiger partial charge in [0, 0.05) is 62.2 Å². The summed E-state index contributed by atoms with van der Waals surface area (Å²) in [6.07, 6.45) is 13.2. The first-order valence-electron chi connectivity index (χ1n) is 20.4. The van der Waals surface area contributed by atoms with Gasteiger partial charge in [0.1, 0.15) is 11.3 Å². The summed E-state index contributed by atoms with van der Waals surface area (Å²) >= 11 is 0. The molecule has 10 aromatic rings. The number of aryl methyl sites for hydroxylation is 1. The number of fused-ring (bicyclic) bond motifs is 13. The molecule has 4 nitrogen and oxygen atoms in total. The fourth-order valence-electron chi connectivity index (χ4n) is 10.4. The molecule has 3 aromatic heterocycles. The number of hydrogen-bond acceptors (Lipinski definition) is 2. The number of allylic oxidation sites excluding steroid dienone is 3. The lowest BCUT2D eigenvalue weighted by molar-refractivity contribution is 0.549. The van der Waals surface area contributed by atoms with Gasteiger partial charge in [0.15, 0.2) is 0 Å². The van der Waals surface area contributed by atoms with Gasteiger partial charge in [-0.15, -0.1) is 0 Å². The minimum absolute atomic E-state index is 0.265. The van der Waals surface area contributed by atoms with Crippen LogP contribution in [0.5, 0.6) is 0 Å². The molecular formula is C54H37N3O. The molecule has 2 atom stereocenters. The van der Waals surface area contributed by atoms with Gasteiger partial charge in [-0.25, -0.2) is 0 Å². The van der Waals surface area contributed by atoms with Gasteiger partial charge in [-0.2, -0.15) is 0 Å². The highest BCUT2D eigenvalue weighted by Gasteiger charge is 2.37. The van der Waals surface area contributed by atoms with Crippen molar-refractivity contribution in [1.29, 1.82) is 0 Å². The predicted octanol–water partition coefficient (Wildman–Crippen LogP) is 14.0. The van der Waals surface area contributed by atoms with E-state index in [0.717, 1.165) is 35.4 Å². The Morgan fingerprint density at radius 2 is 1.19 bits per heavy atom. The van der Waals surface area contributed by atoms with E-state index in [1.807, 2.05) is 0 Å². The van der Waals surface area contributed by atoms with E-state index in [1.54, 1.807) is 0 Å². The standard InChI is InChI=1S/C54H37N3O/c1-2-14-36(15-3-1)55-48-23-10-6-19-41(48)44-32-35(25-28-50(44)55)34-13-12-16-37(31-34)57-49-24-11-7-20-43(49)53-51(57)29-27-42-45-33-38(26-30-52(45)58-54(42)53)56-46-21-8-4-17-39(46)40-18-5-9-22-47(40)56/h1-25,27-29,31-33,41,48H,26,30H2. The molecule has 0 spiro atoms. The van der Waals surface area contributed by atoms with Gasteiger partial charge >= 0.3 is 0 Å². The lowest BCUT2D eigenvalue weighted by Crippen LogP contribution is -2.28. The Kier molecular flexibility index (Phi) is 6.65. The van der Waals surface area contributed by atoms with Crippen molar-refractivity contribution in [2.45, 2.75) is 24.8 Å². The van der Waals surface area contributed by atoms with Crippen molar-refractivity contribution < 1.29 is 4.42 Å². The Labute approximate surface area is 335 Å². The Bertz CT molecular complexity index is 3370. The lowest BCUT2D eigenvalue weighted by Gasteiger charge is -2.28. The molecule has 2 aliphatic carbocycles. The highest BCUT2D eigenvalue weighted by Crippen LogP contribution is 2.49. The van der Waals surface area contributed by atoms with E-state index >= 15 is 0 Å². The monoisotopic (exact) mass is 743 g/mol. The van der Waals surface area contributed by atoms with Gasteiger partial charge in [0.25, 0.3) is 0 Å². The summed E-state index contributed by atoms with van der Waals surface area (Å²) in [6, 6.07) is 58.0. The fourth-order valence-corrected chi connectivity index (χ4v) is 10.4. The average Bonchev–Trinajstić information content (AvgIpc) is 4.02. The average molecular weight is 744 g/mol. The number of benzene rings is 7. The predicted molar refractivity (Wildman–Crippen MR) is 241 cm³/mol. The summed E-state index contributed by atoms with van der Waals surface area (Å²) in [5.74, 6) is 1.37. The second-order valence-electron chi connectivity index (χ2n) is 15.9. The summed E-state index contributed by atoms with van der Waals surface area (Å²) < 4.78 is 11.8. The maximum atomic E-state index is 6.94. The smallest absolute Gasteiger partial charge is 0.144 e. The minimum atomic E-state index is 0.265. The number of aromatic nitrogens is 2. The number of furan rings is 1. The molecule has 0 bridgehead atoms. The van der Waals surface area contributed by atoms with E-state index in [1.165, 1.54) is 82.8 Å². The Hall–Kier alpha value is -7.30. The quantitative estimate of drug-likeness (QED) is 0.179. The van der Waals surface area contributed by atoms with E-state index in [9.17, 15) is 0 Å². The summed E-state index contributed by atoms with van der Waals surface area (Å²) in [5, 5.41) is 6.12. The minimum Gasteiger partial charge on any atom is -0.460 e. The van der Waals surface area contributed by atoms with Crippen molar-refractivity contribution in [3.05, 3.63) is 199 Å². The van der Waals surface area contributed by atoms with E-state index in [2.05, 4.69) is 202 Å². The number of nitrogens with zero attached hydrogens (tertiary/aromatic N) is 3. The molecule has 58 heavy (non-hydrogen) atoms. The Morgan fingerprint density at radius 3 is 2.00 bits per heavy atom. The van der Waals surface area contributed by atoms with E-state index < -0.39 is 0 Å². The zero-order valence-corrected chi connectivity index (χ0v) is 31.7. The van der Waals surface area contributed by atoms with Crippen LogP contribution in [-0.2, 0) is 6.42 Å². The third kappa shape index (κ3) is 4.46. The van der Waals surface area contributed by atoms with Crippen LogP contribution in [0.1, 0.15) is 29.2 Å². The van der Waals surface area contributed by atoms with Crippen LogP contribution < -0.4 is 4.90 Å². The van der Waals surface area contributed by atoms with Crippen molar-refractivity contribution in [2.24, 2.45) is 0 Å². The molecule has 0 radical (unpaired) electrons. The third-order valence-corrected chi connectivity index (χ3v) is 12.9. The van der Waals surface area contributed by atoms with Crippen LogP contribution in [0.15, 0.2) is 186 Å². The molecule has 274 valence electrons. The van der Waals surface area contributed by atoms with Gasteiger partial charge in [-0.1, -0.05) is 115 Å². The van der Waals surface area contributed by atoms with Gasteiger partial charge in [0.2, 0.25) is 0 Å². The maximum absolute atomic E-state index is 6.94. The molecule has 13 rings (SSSR count). The summed E-state index contributed by atoms with van der Waals surface area (Å²) in [4.78, 5) is 2.49. The summed E-state index contributed by atoms with van der Waals surface area (Å²) in [5.41, 5.74) is 15.7. The van der Waals surface area contributed by atoms with Crippen molar-refractivity contribution >= 4 is 77.7 Å². The number of para-hydroxylation sites is 4. The molecule has 0 saturated heterocycles. The van der Waals surface area contributed by atoms with Gasteiger partial charge in [-0.3, -0.25) is 0 Å². The van der Waals surface area contributed by atoms with Gasteiger partial charge < -0.3 is 18.5 Å². The first kappa shape index (κ1) is 31.9. The molecule has 0 fully saturated rings. The molecule has 7 aromatic carbocycles. The molecule has 2 unspecified atom stereocenters. The van der Waals surface area contributed by atoms with Crippen molar-refractivity contribution in [3.63, 3.8) is 0 Å². The zero-order chi connectivity index (χ0) is 37.9. The Balaban J connectivity index is 0.945. The van der Waals surface area contributed by atoms with Crippen LogP contribution in [0.25, 0.3) is 83.2 Å². The normalized spacial score (nSPS) is 17.1. The molecule has 0 saturated carbocycles. The molecule has 4 heterocycles. The summed E-state index contributed by atoms with van der Waals surface area (Å²) in [6.45, 7) is 0. The molecule has 1 aliphatic heterocycles. The lowest BCUT2D eigenvalue weighted by atomic mass is 9.89. The second-order valence-corrected chi connectivity index (χ2v) is 15.9. The first-order chi connectivity index (χ1) is 28.8. The van der Waals surface area contributed by atoms with E-state index in [-0.39, 0.29) is 6.04 Å². The first-order valence-corrected chi connectivity index (χ1v) is 20.4. The van der Waals surface area contributed by atoms with Crippen LogP contribution >= 0.6 is 0 Å². The van der Waals surface area contributed by atoms with Crippen LogP contribution in [0.4, 0.5) is 11.4 Å². The SMILES string of the molecule is C1=CC2c3cc(-c4cccc(-n5c6ccccc6c6c7oc8c(c7ccc65)C=C(n5c6ccccc6c6ccccc65)CC8)c4)ccc3N(c3ccccc3)C2C=C1. The second kappa shape index (κ2) is 12.1. The van der Waals surface area contributed by atoms with Crippen molar-refractivity contribution in [1.82, 2.24) is 9.13 Å². The third-order valence-electron chi connectivity index (χ3n) is 12.9. The topological polar surface area (TPSA) is 26.2 Å². The highest BCUT2D eigenvalue weighted by atomic mass is 16.3. The van der Waals surface area contributed by atoms with Gasteiger partial charge in [-0.05, 0) is 95.9 Å². The molecule has 0 amide bonds. The molecular weight excluding hydrogens is 707 g/mol. The van der Waals surface area contributed by atoms with Crippen molar-refractivity contribution in [2.75, 3.05) is 4.90 Å². The molecule has 3 aliphatic rings. The summed E-state index contributed by atoms with van der Waals surface area (Å²) in [7, 11) is 0. The zero-order valence-electron chi connectivity index (χ0n) is 31.7. The number of anilines is 2. The molecule has 0 N–H and O–H groups in total. The maximum Gasteiger partial charge on any atom is 0.144 e. The van der Waals surface area contributed by atoms with E-state index in [4.69, 9.17) is 4.42 Å². The van der Waals surface area contributed by atoms with Crippen LogP contribution in [-0.4, -0.2) is 15.2 Å². The van der Waals surface area contributed by atoms with Gasteiger partial charge in [0.05, 0.1) is 33.5 Å². The number of hydrogen-bond donors (Lipinski definition) is 0. The van der Waals surface area contributed by atoms with Crippen LogP contribution in [0.3, 0.4) is 0 Å². The van der Waals surface area contributed by atoms with Crippen molar-refractivity contribution in [3.8, 4) is 16.8 Å². The largest absolute Gasteiger partial charge is 0.460 e. The van der Waals surface area contributed by atoms with E-state index in [0.29, 0.717) is 5.92 Å². The number of rotatable bonds is 4. The van der Waals surface area contributed by atoms with Crippen LogP contribution in [0.2, 0.25) is 0 Å². The Morgan fingerprint density at radius 1 is 0.500 bits per heavy atom. The van der Waals surface area contributed by atoms with Crippen LogP contribution in [0, 0.1) is 0 Å². The molecule has 4 heteroatoms. The fraction of sp³-hybridized carbons (Fsp3) is 0.0741.